The normalized spacial score (nSPS) is 12.4. The first-order valence-electron chi connectivity index (χ1n) is 9.13. The van der Waals surface area contributed by atoms with E-state index in [1.54, 1.807) is 0 Å². The maximum atomic E-state index is 12.1. The molecule has 1 atom stereocenters. The maximum absolute atomic E-state index is 12.1. The standard InChI is InChI=1S/C24H27NO.ClH/c1-25(2)19-23(18-20-12-6-3-7-13-20)24(26,21-14-8-4-9-15-21)22-16-10-5-11-17-22;/h3-17,23,26H,18-19H2,1-2H3;1H. The summed E-state index contributed by atoms with van der Waals surface area (Å²) in [5.41, 5.74) is 2.07. The second kappa shape index (κ2) is 9.70. The molecule has 0 saturated heterocycles. The van der Waals surface area contributed by atoms with Crippen molar-refractivity contribution in [2.45, 2.75) is 12.0 Å². The third kappa shape index (κ3) is 4.98. The lowest BCUT2D eigenvalue weighted by molar-refractivity contribution is 0.00509. The fraction of sp³-hybridized carbons (Fsp3) is 0.250. The number of hydrogen-bond donors (Lipinski definition) is 1. The Kier molecular flexibility index (Phi) is 7.61. The van der Waals surface area contributed by atoms with E-state index in [-0.39, 0.29) is 18.3 Å². The van der Waals surface area contributed by atoms with Gasteiger partial charge in [0, 0.05) is 12.5 Å². The van der Waals surface area contributed by atoms with Gasteiger partial charge in [-0.15, -0.1) is 12.4 Å². The summed E-state index contributed by atoms with van der Waals surface area (Å²) in [4.78, 5) is 2.16. The van der Waals surface area contributed by atoms with Crippen LogP contribution in [0.4, 0.5) is 0 Å². The molecule has 1 N–H and O–H groups in total. The zero-order valence-corrected chi connectivity index (χ0v) is 16.8. The number of hydrogen-bond acceptors (Lipinski definition) is 2. The molecule has 142 valence electrons. The zero-order chi connectivity index (χ0) is 18.4. The Morgan fingerprint density at radius 1 is 0.741 bits per heavy atom. The highest BCUT2D eigenvalue weighted by Crippen LogP contribution is 2.39. The molecule has 0 fully saturated rings. The topological polar surface area (TPSA) is 23.5 Å². The third-order valence-corrected chi connectivity index (χ3v) is 4.93. The summed E-state index contributed by atoms with van der Waals surface area (Å²) in [6, 6.07) is 30.5. The molecule has 0 aliphatic carbocycles. The molecule has 0 aliphatic rings. The van der Waals surface area contributed by atoms with E-state index in [4.69, 9.17) is 0 Å². The molecule has 0 aromatic heterocycles. The summed E-state index contributed by atoms with van der Waals surface area (Å²) in [6.45, 7) is 0.787. The molecule has 0 spiro atoms. The number of halogens is 1. The highest BCUT2D eigenvalue weighted by atomic mass is 35.5. The second-order valence-corrected chi connectivity index (χ2v) is 7.15. The Labute approximate surface area is 168 Å². The largest absolute Gasteiger partial charge is 0.380 e. The summed E-state index contributed by atoms with van der Waals surface area (Å²) in [5.74, 6) is 0.0182. The third-order valence-electron chi connectivity index (χ3n) is 4.93. The molecule has 1 unspecified atom stereocenters. The molecular weight excluding hydrogens is 354 g/mol. The Bertz CT molecular complexity index is 751. The molecule has 0 radical (unpaired) electrons. The minimum Gasteiger partial charge on any atom is -0.380 e. The smallest absolute Gasteiger partial charge is 0.119 e. The van der Waals surface area contributed by atoms with Gasteiger partial charge in [0.2, 0.25) is 0 Å². The van der Waals surface area contributed by atoms with E-state index in [1.165, 1.54) is 5.56 Å². The first kappa shape index (κ1) is 21.2. The number of benzene rings is 3. The highest BCUT2D eigenvalue weighted by Gasteiger charge is 2.40. The Hall–Kier alpha value is -2.13. The Morgan fingerprint density at radius 3 is 1.56 bits per heavy atom. The van der Waals surface area contributed by atoms with Gasteiger partial charge >= 0.3 is 0 Å². The van der Waals surface area contributed by atoms with Crippen molar-refractivity contribution in [3.05, 3.63) is 108 Å². The van der Waals surface area contributed by atoms with Crippen molar-refractivity contribution in [1.29, 1.82) is 0 Å². The molecule has 3 heteroatoms. The molecule has 0 amide bonds. The maximum Gasteiger partial charge on any atom is 0.119 e. The van der Waals surface area contributed by atoms with Gasteiger partial charge in [0.15, 0.2) is 0 Å². The van der Waals surface area contributed by atoms with Crippen molar-refractivity contribution >= 4 is 12.4 Å². The van der Waals surface area contributed by atoms with Gasteiger partial charge in [-0.2, -0.15) is 0 Å². The number of aliphatic hydroxyl groups is 1. The van der Waals surface area contributed by atoms with Crippen LogP contribution < -0.4 is 0 Å². The first-order valence-corrected chi connectivity index (χ1v) is 9.13. The molecular formula is C24H28ClNO. The SMILES string of the molecule is CN(C)CC(Cc1ccccc1)C(O)(c1ccccc1)c1ccccc1.Cl. The van der Waals surface area contributed by atoms with Gasteiger partial charge in [0.1, 0.15) is 5.60 Å². The van der Waals surface area contributed by atoms with Crippen LogP contribution in [-0.2, 0) is 12.0 Å². The van der Waals surface area contributed by atoms with Crippen molar-refractivity contribution in [3.8, 4) is 0 Å². The molecule has 0 saturated carbocycles. The summed E-state index contributed by atoms with van der Waals surface area (Å²) in [5, 5.41) is 12.1. The van der Waals surface area contributed by atoms with Crippen molar-refractivity contribution in [2.24, 2.45) is 5.92 Å². The molecule has 2 nitrogen and oxygen atoms in total. The van der Waals surface area contributed by atoms with E-state index < -0.39 is 5.60 Å². The second-order valence-electron chi connectivity index (χ2n) is 7.15. The fourth-order valence-corrected chi connectivity index (χ4v) is 3.71. The van der Waals surface area contributed by atoms with Crippen molar-refractivity contribution in [3.63, 3.8) is 0 Å². The summed E-state index contributed by atoms with van der Waals surface area (Å²) in [7, 11) is 4.13. The van der Waals surface area contributed by atoms with Gasteiger partial charge in [-0.1, -0.05) is 91.0 Å². The lowest BCUT2D eigenvalue weighted by atomic mass is 9.73. The van der Waals surface area contributed by atoms with Crippen LogP contribution in [0.25, 0.3) is 0 Å². The molecule has 3 rings (SSSR count). The summed E-state index contributed by atoms with van der Waals surface area (Å²) < 4.78 is 0. The minimum absolute atomic E-state index is 0. The first-order chi connectivity index (χ1) is 12.6. The van der Waals surface area contributed by atoms with Crippen molar-refractivity contribution in [2.75, 3.05) is 20.6 Å². The van der Waals surface area contributed by atoms with Gasteiger partial charge < -0.3 is 10.0 Å². The van der Waals surface area contributed by atoms with Gasteiger partial charge in [-0.05, 0) is 37.2 Å². The average Bonchev–Trinajstić information content (AvgIpc) is 2.69. The van der Waals surface area contributed by atoms with Crippen molar-refractivity contribution < 1.29 is 5.11 Å². The van der Waals surface area contributed by atoms with Crippen LogP contribution in [-0.4, -0.2) is 30.6 Å². The lowest BCUT2D eigenvalue weighted by Crippen LogP contribution is -2.43. The van der Waals surface area contributed by atoms with E-state index in [2.05, 4.69) is 43.3 Å². The van der Waals surface area contributed by atoms with Crippen LogP contribution >= 0.6 is 12.4 Å². The monoisotopic (exact) mass is 381 g/mol. The number of rotatable bonds is 7. The predicted molar refractivity (Wildman–Crippen MR) is 115 cm³/mol. The molecule has 3 aromatic carbocycles. The molecule has 0 bridgehead atoms. The average molecular weight is 382 g/mol. The van der Waals surface area contributed by atoms with Crippen LogP contribution in [0.1, 0.15) is 16.7 Å². The van der Waals surface area contributed by atoms with Gasteiger partial charge in [0.25, 0.3) is 0 Å². The predicted octanol–water partition coefficient (Wildman–Crippen LogP) is 4.76. The minimum atomic E-state index is -1.05. The van der Waals surface area contributed by atoms with Gasteiger partial charge in [-0.25, -0.2) is 0 Å². The molecule has 0 aliphatic heterocycles. The molecule has 0 heterocycles. The van der Waals surface area contributed by atoms with E-state index >= 15 is 0 Å². The molecule has 27 heavy (non-hydrogen) atoms. The number of nitrogens with zero attached hydrogens (tertiary/aromatic N) is 1. The van der Waals surface area contributed by atoms with E-state index in [1.807, 2.05) is 66.7 Å². The molecule has 3 aromatic rings. The quantitative estimate of drug-likeness (QED) is 0.637. The van der Waals surface area contributed by atoms with E-state index in [0.29, 0.717) is 0 Å². The van der Waals surface area contributed by atoms with Crippen LogP contribution in [0.2, 0.25) is 0 Å². The Morgan fingerprint density at radius 2 is 1.15 bits per heavy atom. The summed E-state index contributed by atoms with van der Waals surface area (Å²) >= 11 is 0. The fourth-order valence-electron chi connectivity index (χ4n) is 3.71. The highest BCUT2D eigenvalue weighted by molar-refractivity contribution is 5.85. The van der Waals surface area contributed by atoms with Crippen LogP contribution in [0.3, 0.4) is 0 Å². The lowest BCUT2D eigenvalue weighted by Gasteiger charge is -2.39. The van der Waals surface area contributed by atoms with E-state index in [9.17, 15) is 5.11 Å². The van der Waals surface area contributed by atoms with Crippen LogP contribution in [0, 0.1) is 5.92 Å². The van der Waals surface area contributed by atoms with Crippen molar-refractivity contribution in [1.82, 2.24) is 4.90 Å². The van der Waals surface area contributed by atoms with Gasteiger partial charge in [0.05, 0.1) is 0 Å². The van der Waals surface area contributed by atoms with Crippen LogP contribution in [0.15, 0.2) is 91.0 Å². The van der Waals surface area contributed by atoms with Crippen LogP contribution in [0.5, 0.6) is 0 Å². The van der Waals surface area contributed by atoms with E-state index in [0.717, 1.165) is 24.1 Å². The Balaban J connectivity index is 0.00000261. The summed E-state index contributed by atoms with van der Waals surface area (Å²) in [6.07, 6.45) is 0.805. The van der Waals surface area contributed by atoms with Gasteiger partial charge in [-0.3, -0.25) is 0 Å². The zero-order valence-electron chi connectivity index (χ0n) is 16.0.